The van der Waals surface area contributed by atoms with Crippen LogP contribution in [0.15, 0.2) is 79.0 Å². The predicted molar refractivity (Wildman–Crippen MR) is 136 cm³/mol. The highest BCUT2D eigenvalue weighted by atomic mass is 19.1. The van der Waals surface area contributed by atoms with Gasteiger partial charge in [-0.3, -0.25) is 4.90 Å². The van der Waals surface area contributed by atoms with Crippen LogP contribution in [-0.4, -0.2) is 34.6 Å². The summed E-state index contributed by atoms with van der Waals surface area (Å²) in [5, 5.41) is 5.20. The van der Waals surface area contributed by atoms with E-state index < -0.39 is 0 Å². The fourth-order valence-corrected chi connectivity index (χ4v) is 6.29. The summed E-state index contributed by atoms with van der Waals surface area (Å²) in [7, 11) is 0. The first-order valence-electron chi connectivity index (χ1n) is 12.7. The van der Waals surface area contributed by atoms with Crippen LogP contribution in [0.3, 0.4) is 0 Å². The summed E-state index contributed by atoms with van der Waals surface area (Å²) in [5.74, 6) is -0.485. The lowest BCUT2D eigenvalue weighted by Crippen LogP contribution is -2.50. The number of rotatable bonds is 7. The quantitative estimate of drug-likeness (QED) is 0.328. The molecule has 2 fully saturated rings. The maximum absolute atomic E-state index is 13.6. The number of aromatic amines is 1. The van der Waals surface area contributed by atoms with Gasteiger partial charge in [-0.15, -0.1) is 0 Å². The first-order chi connectivity index (χ1) is 17.1. The van der Waals surface area contributed by atoms with E-state index in [0.717, 1.165) is 36.9 Å². The average Bonchev–Trinajstić information content (AvgIpc) is 3.39. The molecule has 3 atom stereocenters. The Morgan fingerprint density at radius 1 is 0.829 bits per heavy atom. The lowest BCUT2D eigenvalue weighted by atomic mass is 9.92. The molecule has 0 aliphatic carbocycles. The SMILES string of the molecule is Fc1ccc(C(NC2C[C@H]3CC[C@@H](C2)N3CCc2c[nH]c3ccccc23)c2ccc(F)cc2)cc1. The van der Waals surface area contributed by atoms with Gasteiger partial charge in [0.15, 0.2) is 0 Å². The van der Waals surface area contributed by atoms with Gasteiger partial charge in [0, 0.05) is 41.8 Å². The third kappa shape index (κ3) is 4.63. The van der Waals surface area contributed by atoms with E-state index in [1.54, 1.807) is 0 Å². The Bertz CT molecular complexity index is 1220. The highest BCUT2D eigenvalue weighted by Crippen LogP contribution is 2.37. The Morgan fingerprint density at radius 3 is 2.06 bits per heavy atom. The van der Waals surface area contributed by atoms with Crippen molar-refractivity contribution < 1.29 is 8.78 Å². The van der Waals surface area contributed by atoms with E-state index in [-0.39, 0.29) is 17.7 Å². The van der Waals surface area contributed by atoms with Crippen LogP contribution in [0.1, 0.15) is 48.4 Å². The Labute approximate surface area is 205 Å². The topological polar surface area (TPSA) is 31.1 Å². The summed E-state index contributed by atoms with van der Waals surface area (Å²) in [6.45, 7) is 1.09. The number of halogens is 2. The second kappa shape index (κ2) is 9.56. The van der Waals surface area contributed by atoms with Crippen LogP contribution >= 0.6 is 0 Å². The molecule has 3 aromatic carbocycles. The number of H-pyrrole nitrogens is 1. The van der Waals surface area contributed by atoms with Crippen LogP contribution in [0.5, 0.6) is 0 Å². The molecule has 0 radical (unpaired) electrons. The fourth-order valence-electron chi connectivity index (χ4n) is 6.29. The normalized spacial score (nSPS) is 22.3. The maximum atomic E-state index is 13.6. The molecule has 2 N–H and O–H groups in total. The lowest BCUT2D eigenvalue weighted by Gasteiger charge is -2.40. The van der Waals surface area contributed by atoms with E-state index >= 15 is 0 Å². The molecule has 0 spiro atoms. The van der Waals surface area contributed by atoms with Crippen LogP contribution in [-0.2, 0) is 6.42 Å². The molecule has 2 saturated heterocycles. The van der Waals surface area contributed by atoms with Gasteiger partial charge in [0.1, 0.15) is 11.6 Å². The van der Waals surface area contributed by atoms with Gasteiger partial charge in [0.05, 0.1) is 6.04 Å². The molecule has 2 aliphatic heterocycles. The molecule has 0 saturated carbocycles. The van der Waals surface area contributed by atoms with E-state index in [2.05, 4.69) is 45.7 Å². The average molecular weight is 472 g/mol. The van der Waals surface area contributed by atoms with Crippen LogP contribution in [0.4, 0.5) is 8.78 Å². The molecular weight excluding hydrogens is 440 g/mol. The fraction of sp³-hybridized carbons (Fsp3) is 0.333. The van der Waals surface area contributed by atoms with Gasteiger partial charge in [-0.25, -0.2) is 8.78 Å². The first kappa shape index (κ1) is 22.4. The van der Waals surface area contributed by atoms with Crippen molar-refractivity contribution in [3.05, 3.63) is 107 Å². The van der Waals surface area contributed by atoms with Crippen molar-refractivity contribution in [2.75, 3.05) is 6.54 Å². The van der Waals surface area contributed by atoms with Crippen LogP contribution in [0, 0.1) is 11.6 Å². The third-order valence-electron chi connectivity index (χ3n) is 8.01. The maximum Gasteiger partial charge on any atom is 0.123 e. The number of fused-ring (bicyclic) bond motifs is 3. The van der Waals surface area contributed by atoms with Gasteiger partial charge >= 0.3 is 0 Å². The zero-order valence-electron chi connectivity index (χ0n) is 19.8. The van der Waals surface area contributed by atoms with E-state index in [4.69, 9.17) is 0 Å². The van der Waals surface area contributed by atoms with Crippen molar-refractivity contribution in [3.8, 4) is 0 Å². The predicted octanol–water partition coefficient (Wildman–Crippen LogP) is 6.36. The Hall–Kier alpha value is -3.02. The highest BCUT2D eigenvalue weighted by Gasteiger charge is 2.41. The van der Waals surface area contributed by atoms with Crippen LogP contribution in [0.25, 0.3) is 10.9 Å². The number of hydrogen-bond acceptors (Lipinski definition) is 2. The Kier molecular flexibility index (Phi) is 6.13. The lowest BCUT2D eigenvalue weighted by molar-refractivity contribution is 0.116. The second-order valence-corrected chi connectivity index (χ2v) is 10.1. The molecule has 3 nitrogen and oxygen atoms in total. The van der Waals surface area contributed by atoms with E-state index in [1.165, 1.54) is 53.6 Å². The molecule has 2 bridgehead atoms. The van der Waals surface area contributed by atoms with E-state index in [0.29, 0.717) is 18.1 Å². The third-order valence-corrected chi connectivity index (χ3v) is 8.01. The van der Waals surface area contributed by atoms with Crippen molar-refractivity contribution in [1.29, 1.82) is 0 Å². The minimum absolute atomic E-state index is 0.0848. The first-order valence-corrected chi connectivity index (χ1v) is 12.7. The second-order valence-electron chi connectivity index (χ2n) is 10.1. The summed E-state index contributed by atoms with van der Waals surface area (Å²) < 4.78 is 27.2. The van der Waals surface area contributed by atoms with Gasteiger partial charge in [-0.1, -0.05) is 42.5 Å². The zero-order valence-corrected chi connectivity index (χ0v) is 19.8. The van der Waals surface area contributed by atoms with Crippen molar-refractivity contribution >= 4 is 10.9 Å². The molecular formula is C30H31F2N3. The van der Waals surface area contributed by atoms with Gasteiger partial charge in [0.25, 0.3) is 0 Å². The van der Waals surface area contributed by atoms with Crippen LogP contribution in [0.2, 0.25) is 0 Å². The number of hydrogen-bond donors (Lipinski definition) is 2. The molecule has 0 amide bonds. The number of piperidine rings is 1. The summed E-state index contributed by atoms with van der Waals surface area (Å²) in [6, 6.07) is 23.3. The van der Waals surface area contributed by atoms with Crippen molar-refractivity contribution in [2.24, 2.45) is 0 Å². The van der Waals surface area contributed by atoms with Crippen LogP contribution < -0.4 is 5.32 Å². The van der Waals surface area contributed by atoms with Crippen molar-refractivity contribution in [1.82, 2.24) is 15.2 Å². The van der Waals surface area contributed by atoms with Gasteiger partial charge in [0.2, 0.25) is 0 Å². The summed E-state index contributed by atoms with van der Waals surface area (Å²) in [5.41, 5.74) is 4.62. The Balaban J connectivity index is 1.15. The van der Waals surface area contributed by atoms with E-state index in [1.807, 2.05) is 24.3 Å². The minimum Gasteiger partial charge on any atom is -0.361 e. The smallest absolute Gasteiger partial charge is 0.123 e. The number of nitrogens with zero attached hydrogens (tertiary/aromatic N) is 1. The van der Waals surface area contributed by atoms with Crippen molar-refractivity contribution in [3.63, 3.8) is 0 Å². The molecule has 35 heavy (non-hydrogen) atoms. The zero-order chi connectivity index (χ0) is 23.8. The molecule has 4 aromatic rings. The summed E-state index contributed by atoms with van der Waals surface area (Å²) in [4.78, 5) is 6.13. The molecule has 1 aromatic heterocycles. The summed E-state index contributed by atoms with van der Waals surface area (Å²) in [6.07, 6.45) is 7.91. The highest BCUT2D eigenvalue weighted by molar-refractivity contribution is 5.83. The van der Waals surface area contributed by atoms with Gasteiger partial charge in [-0.05, 0) is 79.1 Å². The number of benzene rings is 3. The molecule has 5 heteroatoms. The van der Waals surface area contributed by atoms with Gasteiger partial charge in [-0.2, -0.15) is 0 Å². The minimum atomic E-state index is -0.242. The molecule has 6 rings (SSSR count). The molecule has 180 valence electrons. The monoisotopic (exact) mass is 471 g/mol. The standard InChI is InChI=1S/C30H31F2N3/c31-23-9-5-20(6-10-23)30(21-7-11-24(32)12-8-21)34-25-17-26-13-14-27(18-25)35(26)16-15-22-19-33-29-4-2-1-3-28(22)29/h1-12,19,25-27,30,33-34H,13-18H2/t25?,26-,27+. The molecule has 2 aliphatic rings. The molecule has 1 unspecified atom stereocenters. The van der Waals surface area contributed by atoms with Crippen molar-refractivity contribution in [2.45, 2.75) is 56.3 Å². The summed E-state index contributed by atoms with van der Waals surface area (Å²) >= 11 is 0. The van der Waals surface area contributed by atoms with E-state index in [9.17, 15) is 8.78 Å². The number of aromatic nitrogens is 1. The Morgan fingerprint density at radius 2 is 1.43 bits per heavy atom. The van der Waals surface area contributed by atoms with Gasteiger partial charge < -0.3 is 10.3 Å². The number of nitrogens with one attached hydrogen (secondary N) is 2. The largest absolute Gasteiger partial charge is 0.361 e. The molecule has 3 heterocycles. The number of para-hydroxylation sites is 1.